The van der Waals surface area contributed by atoms with Crippen LogP contribution in [0.4, 0.5) is 0 Å². The molecule has 48 valence electrons. The lowest BCUT2D eigenvalue weighted by molar-refractivity contribution is 0.909. The van der Waals surface area contributed by atoms with Crippen molar-refractivity contribution in [3.8, 4) is 0 Å². The largest absolute Gasteiger partial charge is 0.324 e. The summed E-state index contributed by atoms with van der Waals surface area (Å²) < 4.78 is 0. The lowest BCUT2D eigenvalue weighted by Gasteiger charge is -1.91. The van der Waals surface area contributed by atoms with E-state index in [-0.39, 0.29) is 0 Å². The number of nitrogens with zero attached hydrogens (tertiary/aromatic N) is 2. The summed E-state index contributed by atoms with van der Waals surface area (Å²) in [5.41, 5.74) is 5.23. The average Bonchev–Trinajstić information content (AvgIpc) is 1.90. The van der Waals surface area contributed by atoms with Crippen molar-refractivity contribution in [1.29, 1.82) is 0 Å². The zero-order valence-corrected chi connectivity index (χ0v) is 5.47. The van der Waals surface area contributed by atoms with Crippen molar-refractivity contribution in [1.82, 2.24) is 9.97 Å². The van der Waals surface area contributed by atoms with Gasteiger partial charge in [-0.2, -0.15) is 0 Å². The smallest absolute Gasteiger partial charge is 0.141 e. The molecule has 0 aliphatic heterocycles. The molecule has 0 radical (unpaired) electrons. The van der Waals surface area contributed by atoms with Crippen molar-refractivity contribution in [3.63, 3.8) is 0 Å². The molecular formula is C5H6ClN3. The highest BCUT2D eigenvalue weighted by molar-refractivity contribution is 6.30. The van der Waals surface area contributed by atoms with Crippen molar-refractivity contribution in [2.45, 2.75) is 6.54 Å². The van der Waals surface area contributed by atoms with Gasteiger partial charge in [0.1, 0.15) is 5.82 Å². The van der Waals surface area contributed by atoms with Crippen molar-refractivity contribution in [2.24, 2.45) is 5.73 Å². The monoisotopic (exact) mass is 143 g/mol. The Morgan fingerprint density at radius 1 is 1.44 bits per heavy atom. The fraction of sp³-hybridized carbons (Fsp3) is 0.200. The number of aromatic nitrogens is 2. The van der Waals surface area contributed by atoms with Crippen LogP contribution in [-0.4, -0.2) is 9.97 Å². The first kappa shape index (κ1) is 6.45. The van der Waals surface area contributed by atoms with Crippen LogP contribution in [0.2, 0.25) is 5.02 Å². The molecule has 9 heavy (non-hydrogen) atoms. The van der Waals surface area contributed by atoms with Crippen molar-refractivity contribution in [3.05, 3.63) is 23.2 Å². The van der Waals surface area contributed by atoms with Gasteiger partial charge in [-0.3, -0.25) is 0 Å². The summed E-state index contributed by atoms with van der Waals surface area (Å²) in [4.78, 5) is 7.66. The van der Waals surface area contributed by atoms with Gasteiger partial charge in [0.25, 0.3) is 0 Å². The molecule has 0 aliphatic rings. The molecule has 1 rings (SSSR count). The first-order chi connectivity index (χ1) is 4.33. The second-order valence-corrected chi connectivity index (χ2v) is 1.96. The van der Waals surface area contributed by atoms with Crippen LogP contribution in [0.15, 0.2) is 12.4 Å². The maximum absolute atomic E-state index is 5.50. The Hall–Kier alpha value is -0.670. The third-order valence-electron chi connectivity index (χ3n) is 0.856. The summed E-state index contributed by atoms with van der Waals surface area (Å²) in [5.74, 6) is 0.611. The van der Waals surface area contributed by atoms with Crippen LogP contribution in [0.1, 0.15) is 5.82 Å². The standard InChI is InChI=1S/C5H6ClN3/c6-4-2-8-5(1-7)9-3-4/h2-3H,1,7H2. The van der Waals surface area contributed by atoms with Gasteiger partial charge in [-0.25, -0.2) is 9.97 Å². The fourth-order valence-corrected chi connectivity index (χ4v) is 0.542. The Balaban J connectivity index is 2.88. The van der Waals surface area contributed by atoms with E-state index in [9.17, 15) is 0 Å². The maximum Gasteiger partial charge on any atom is 0.141 e. The van der Waals surface area contributed by atoms with Crippen molar-refractivity contribution in [2.75, 3.05) is 0 Å². The molecule has 0 amide bonds. The molecule has 0 aliphatic carbocycles. The highest BCUT2D eigenvalue weighted by Gasteiger charge is 1.89. The molecule has 2 N–H and O–H groups in total. The quantitative estimate of drug-likeness (QED) is 0.626. The molecule has 0 unspecified atom stereocenters. The van der Waals surface area contributed by atoms with Crippen molar-refractivity contribution >= 4 is 11.6 Å². The normalized spacial score (nSPS) is 9.56. The van der Waals surface area contributed by atoms with E-state index in [2.05, 4.69) is 9.97 Å². The number of nitrogens with two attached hydrogens (primary N) is 1. The van der Waals surface area contributed by atoms with Crippen molar-refractivity contribution < 1.29 is 0 Å². The predicted octanol–water partition coefficient (Wildman–Crippen LogP) is 0.589. The fourth-order valence-electron chi connectivity index (χ4n) is 0.444. The number of hydrogen-bond acceptors (Lipinski definition) is 3. The van der Waals surface area contributed by atoms with E-state index < -0.39 is 0 Å². The molecule has 0 saturated carbocycles. The van der Waals surface area contributed by atoms with Gasteiger partial charge in [0, 0.05) is 12.4 Å². The predicted molar refractivity (Wildman–Crippen MR) is 34.9 cm³/mol. The van der Waals surface area contributed by atoms with E-state index in [1.807, 2.05) is 0 Å². The van der Waals surface area contributed by atoms with E-state index in [0.717, 1.165) is 0 Å². The molecule has 0 atom stereocenters. The second kappa shape index (κ2) is 2.75. The Bertz CT molecular complexity index is 184. The molecule has 0 saturated heterocycles. The molecule has 0 aromatic carbocycles. The topological polar surface area (TPSA) is 51.8 Å². The highest BCUT2D eigenvalue weighted by atomic mass is 35.5. The molecule has 4 heteroatoms. The number of rotatable bonds is 1. The molecule has 3 nitrogen and oxygen atoms in total. The van der Waals surface area contributed by atoms with Crippen LogP contribution >= 0.6 is 11.6 Å². The van der Waals surface area contributed by atoms with Crippen LogP contribution < -0.4 is 5.73 Å². The molecule has 0 fully saturated rings. The highest BCUT2D eigenvalue weighted by Crippen LogP contribution is 2.01. The number of hydrogen-bond donors (Lipinski definition) is 1. The van der Waals surface area contributed by atoms with Gasteiger partial charge < -0.3 is 5.73 Å². The second-order valence-electron chi connectivity index (χ2n) is 1.52. The third-order valence-corrected chi connectivity index (χ3v) is 1.05. The lowest BCUT2D eigenvalue weighted by Crippen LogP contribution is -2.01. The van der Waals surface area contributed by atoms with Crippen LogP contribution in [0.25, 0.3) is 0 Å². The molecule has 0 bridgehead atoms. The summed E-state index contributed by atoms with van der Waals surface area (Å²) in [6.07, 6.45) is 3.05. The maximum atomic E-state index is 5.50. The van der Waals surface area contributed by atoms with E-state index >= 15 is 0 Å². The van der Waals surface area contributed by atoms with Gasteiger partial charge in [0.05, 0.1) is 11.6 Å². The van der Waals surface area contributed by atoms with Gasteiger partial charge in [0.15, 0.2) is 0 Å². The Labute approximate surface area is 57.9 Å². The van der Waals surface area contributed by atoms with Crippen LogP contribution in [-0.2, 0) is 6.54 Å². The number of halogens is 1. The van der Waals surface area contributed by atoms with Crippen LogP contribution in [0.3, 0.4) is 0 Å². The molecule has 0 spiro atoms. The molecule has 1 aromatic heterocycles. The van der Waals surface area contributed by atoms with E-state index in [0.29, 0.717) is 17.4 Å². The Morgan fingerprint density at radius 3 is 2.44 bits per heavy atom. The minimum absolute atomic E-state index is 0.358. The average molecular weight is 144 g/mol. The summed E-state index contributed by atoms with van der Waals surface area (Å²) >= 11 is 5.50. The van der Waals surface area contributed by atoms with E-state index in [4.69, 9.17) is 17.3 Å². The van der Waals surface area contributed by atoms with Gasteiger partial charge in [-0.1, -0.05) is 11.6 Å². The van der Waals surface area contributed by atoms with Gasteiger partial charge in [-0.15, -0.1) is 0 Å². The molecule has 1 aromatic rings. The first-order valence-electron chi connectivity index (χ1n) is 2.49. The molecular weight excluding hydrogens is 138 g/mol. The summed E-state index contributed by atoms with van der Waals surface area (Å²) in [5, 5.41) is 0.534. The van der Waals surface area contributed by atoms with Gasteiger partial charge in [0.2, 0.25) is 0 Å². The summed E-state index contributed by atoms with van der Waals surface area (Å²) in [7, 11) is 0. The summed E-state index contributed by atoms with van der Waals surface area (Å²) in [6.45, 7) is 0.358. The van der Waals surface area contributed by atoms with Crippen LogP contribution in [0, 0.1) is 0 Å². The minimum Gasteiger partial charge on any atom is -0.324 e. The third kappa shape index (κ3) is 1.62. The van der Waals surface area contributed by atoms with Gasteiger partial charge in [-0.05, 0) is 0 Å². The zero-order chi connectivity index (χ0) is 6.69. The van der Waals surface area contributed by atoms with Gasteiger partial charge >= 0.3 is 0 Å². The minimum atomic E-state index is 0.358. The van der Waals surface area contributed by atoms with E-state index in [1.54, 1.807) is 0 Å². The summed E-state index contributed by atoms with van der Waals surface area (Å²) in [6, 6.07) is 0. The zero-order valence-electron chi connectivity index (χ0n) is 4.71. The lowest BCUT2D eigenvalue weighted by atomic mass is 10.5. The first-order valence-corrected chi connectivity index (χ1v) is 2.87. The van der Waals surface area contributed by atoms with Crippen LogP contribution in [0.5, 0.6) is 0 Å². The molecule has 1 heterocycles. The Morgan fingerprint density at radius 2 is 2.00 bits per heavy atom. The van der Waals surface area contributed by atoms with E-state index in [1.165, 1.54) is 12.4 Å². The SMILES string of the molecule is NCc1ncc(Cl)cn1. The Kier molecular flexibility index (Phi) is 1.97.